The molecule has 3 N–H and O–H groups in total. The first-order valence-corrected chi connectivity index (χ1v) is 13.9. The Balaban J connectivity index is 1.46. The molecule has 0 atom stereocenters. The number of hydrogen-bond acceptors (Lipinski definition) is 7. The summed E-state index contributed by atoms with van der Waals surface area (Å²) in [6, 6.07) is 23.1. The Morgan fingerprint density at radius 2 is 1.69 bits per heavy atom. The molecule has 0 bridgehead atoms. The summed E-state index contributed by atoms with van der Waals surface area (Å²) in [5.74, 6) is -0.228. The second-order valence-corrected chi connectivity index (χ2v) is 9.94. The number of nitrogens with one attached hydrogen (secondary N) is 3. The van der Waals surface area contributed by atoms with Crippen molar-refractivity contribution in [3.8, 4) is 5.75 Å². The summed E-state index contributed by atoms with van der Waals surface area (Å²) >= 11 is 2.73. The number of carbonyl (C=O) groups is 3. The number of rotatable bonds is 11. The third-order valence-corrected chi connectivity index (χ3v) is 6.91. The van der Waals surface area contributed by atoms with Gasteiger partial charge in [0.2, 0.25) is 5.91 Å². The highest BCUT2D eigenvalue weighted by molar-refractivity contribution is 8.00. The smallest absolute Gasteiger partial charge is 0.272 e. The van der Waals surface area contributed by atoms with E-state index in [2.05, 4.69) is 20.9 Å². The topological polar surface area (TPSA) is 109 Å². The van der Waals surface area contributed by atoms with Gasteiger partial charge in [0, 0.05) is 33.3 Å². The van der Waals surface area contributed by atoms with Crippen LogP contribution in [0, 0.1) is 0 Å². The van der Waals surface area contributed by atoms with Crippen LogP contribution in [-0.2, 0) is 9.59 Å². The zero-order valence-electron chi connectivity index (χ0n) is 21.0. The molecule has 1 aromatic heterocycles. The first-order valence-electron chi connectivity index (χ1n) is 12.1. The van der Waals surface area contributed by atoms with E-state index in [0.717, 1.165) is 4.90 Å². The van der Waals surface area contributed by atoms with Crippen molar-refractivity contribution in [3.63, 3.8) is 0 Å². The molecule has 0 radical (unpaired) electrons. The van der Waals surface area contributed by atoms with Gasteiger partial charge in [-0.2, -0.15) is 0 Å². The van der Waals surface area contributed by atoms with Gasteiger partial charge in [-0.05, 0) is 55.5 Å². The SMILES string of the molecule is CCOc1ccccc1/C=C(\NC(=O)c1ccccc1)C(=O)Nc1ccc(SCC(=O)Nc2nccs2)cc1. The number of ether oxygens (including phenoxy) is 1. The Kier molecular flexibility index (Phi) is 9.87. The van der Waals surface area contributed by atoms with Crippen LogP contribution in [0.25, 0.3) is 6.08 Å². The molecule has 0 unspecified atom stereocenters. The van der Waals surface area contributed by atoms with Gasteiger partial charge < -0.3 is 20.7 Å². The minimum atomic E-state index is -0.492. The summed E-state index contributed by atoms with van der Waals surface area (Å²) in [6.07, 6.45) is 3.22. The maximum absolute atomic E-state index is 13.3. The number of para-hydroxylation sites is 1. The standard InChI is InChI=1S/C29H26N4O4S2/c1-2-37-25-11-7-6-10-21(25)18-24(32-27(35)20-8-4-3-5-9-20)28(36)31-22-12-14-23(15-13-22)39-19-26(34)33-29-30-16-17-38-29/h3-18H,2,19H2,1H3,(H,31,36)(H,32,35)(H,30,33,34)/b24-18-. The van der Waals surface area contributed by atoms with Crippen LogP contribution >= 0.6 is 23.1 Å². The van der Waals surface area contributed by atoms with E-state index in [4.69, 9.17) is 4.74 Å². The molecule has 8 nitrogen and oxygen atoms in total. The average Bonchev–Trinajstić information content (AvgIpc) is 3.47. The highest BCUT2D eigenvalue weighted by Gasteiger charge is 2.16. The molecule has 0 saturated heterocycles. The number of benzene rings is 3. The normalized spacial score (nSPS) is 10.9. The van der Waals surface area contributed by atoms with Crippen molar-refractivity contribution in [2.45, 2.75) is 11.8 Å². The summed E-state index contributed by atoms with van der Waals surface area (Å²) in [4.78, 5) is 43.2. The molecule has 0 aliphatic rings. The van der Waals surface area contributed by atoms with Crippen molar-refractivity contribution in [3.05, 3.63) is 107 Å². The van der Waals surface area contributed by atoms with Crippen LogP contribution in [0.15, 0.2) is 101 Å². The van der Waals surface area contributed by atoms with Gasteiger partial charge >= 0.3 is 0 Å². The van der Waals surface area contributed by atoms with E-state index in [0.29, 0.717) is 34.3 Å². The highest BCUT2D eigenvalue weighted by Crippen LogP contribution is 2.23. The predicted molar refractivity (Wildman–Crippen MR) is 156 cm³/mol. The van der Waals surface area contributed by atoms with E-state index in [9.17, 15) is 14.4 Å². The maximum atomic E-state index is 13.3. The zero-order chi connectivity index (χ0) is 27.5. The molecule has 0 saturated carbocycles. The van der Waals surface area contributed by atoms with Crippen molar-refractivity contribution in [1.82, 2.24) is 10.3 Å². The Morgan fingerprint density at radius 3 is 2.41 bits per heavy atom. The van der Waals surface area contributed by atoms with Gasteiger partial charge in [0.05, 0.1) is 12.4 Å². The minimum absolute atomic E-state index is 0.0633. The number of amides is 3. The molecule has 39 heavy (non-hydrogen) atoms. The lowest BCUT2D eigenvalue weighted by Crippen LogP contribution is -2.30. The number of hydrogen-bond donors (Lipinski definition) is 3. The number of thioether (sulfide) groups is 1. The molecule has 4 aromatic rings. The Morgan fingerprint density at radius 1 is 0.949 bits per heavy atom. The number of carbonyl (C=O) groups excluding carboxylic acids is 3. The molecule has 0 aliphatic heterocycles. The monoisotopic (exact) mass is 558 g/mol. The Hall–Kier alpha value is -4.41. The molecule has 4 rings (SSSR count). The Bertz CT molecular complexity index is 1440. The Labute approximate surface area is 234 Å². The van der Waals surface area contributed by atoms with Crippen LogP contribution in [0.2, 0.25) is 0 Å². The molecule has 3 aromatic carbocycles. The zero-order valence-corrected chi connectivity index (χ0v) is 22.7. The summed E-state index contributed by atoms with van der Waals surface area (Å²) in [7, 11) is 0. The summed E-state index contributed by atoms with van der Waals surface area (Å²) in [5.41, 5.74) is 1.68. The van der Waals surface area contributed by atoms with E-state index in [-0.39, 0.29) is 17.4 Å². The second kappa shape index (κ2) is 13.9. The number of aromatic nitrogens is 1. The van der Waals surface area contributed by atoms with Gasteiger partial charge in [-0.3, -0.25) is 14.4 Å². The molecule has 10 heteroatoms. The van der Waals surface area contributed by atoms with Crippen molar-refractivity contribution in [2.24, 2.45) is 0 Å². The maximum Gasteiger partial charge on any atom is 0.272 e. The van der Waals surface area contributed by atoms with Gasteiger partial charge in [0.1, 0.15) is 11.4 Å². The number of anilines is 2. The summed E-state index contributed by atoms with van der Waals surface area (Å²) in [5, 5.41) is 10.7. The van der Waals surface area contributed by atoms with Gasteiger partial charge in [0.15, 0.2) is 5.13 Å². The third kappa shape index (κ3) is 8.29. The van der Waals surface area contributed by atoms with E-state index in [1.807, 2.05) is 43.3 Å². The van der Waals surface area contributed by atoms with Crippen molar-refractivity contribution in [2.75, 3.05) is 23.0 Å². The fourth-order valence-electron chi connectivity index (χ4n) is 3.41. The average molecular weight is 559 g/mol. The van der Waals surface area contributed by atoms with Gasteiger partial charge in [0.25, 0.3) is 11.8 Å². The van der Waals surface area contributed by atoms with Crippen LogP contribution < -0.4 is 20.7 Å². The molecule has 3 amide bonds. The minimum Gasteiger partial charge on any atom is -0.493 e. The third-order valence-electron chi connectivity index (χ3n) is 5.21. The quantitative estimate of drug-likeness (QED) is 0.161. The van der Waals surface area contributed by atoms with Crippen LogP contribution in [0.5, 0.6) is 5.75 Å². The second-order valence-electron chi connectivity index (χ2n) is 8.00. The molecule has 198 valence electrons. The van der Waals surface area contributed by atoms with Crippen molar-refractivity contribution < 1.29 is 19.1 Å². The molecule has 1 heterocycles. The fraction of sp³-hybridized carbons (Fsp3) is 0.103. The summed E-state index contributed by atoms with van der Waals surface area (Å²) < 4.78 is 5.68. The van der Waals surface area contributed by atoms with E-state index in [1.165, 1.54) is 23.1 Å². The molecule has 0 fully saturated rings. The predicted octanol–water partition coefficient (Wildman–Crippen LogP) is 5.68. The lowest BCUT2D eigenvalue weighted by Gasteiger charge is -2.13. The summed E-state index contributed by atoms with van der Waals surface area (Å²) in [6.45, 7) is 2.33. The van der Waals surface area contributed by atoms with Crippen molar-refractivity contribution >= 4 is 57.7 Å². The van der Waals surface area contributed by atoms with Crippen LogP contribution in [0.4, 0.5) is 10.8 Å². The van der Waals surface area contributed by atoms with Gasteiger partial charge in [-0.25, -0.2) is 4.98 Å². The molecule has 0 spiro atoms. The van der Waals surface area contributed by atoms with E-state index in [1.54, 1.807) is 60.1 Å². The largest absolute Gasteiger partial charge is 0.493 e. The van der Waals surface area contributed by atoms with Gasteiger partial charge in [-0.1, -0.05) is 36.4 Å². The fourth-order valence-corrected chi connectivity index (χ4v) is 4.65. The number of nitrogens with zero attached hydrogens (tertiary/aromatic N) is 1. The highest BCUT2D eigenvalue weighted by atomic mass is 32.2. The van der Waals surface area contributed by atoms with Crippen LogP contribution in [0.3, 0.4) is 0 Å². The van der Waals surface area contributed by atoms with Gasteiger partial charge in [-0.15, -0.1) is 23.1 Å². The molecular weight excluding hydrogens is 532 g/mol. The number of thiazole rings is 1. The van der Waals surface area contributed by atoms with Crippen LogP contribution in [0.1, 0.15) is 22.8 Å². The van der Waals surface area contributed by atoms with Crippen LogP contribution in [-0.4, -0.2) is 35.1 Å². The first kappa shape index (κ1) is 27.6. The first-order chi connectivity index (χ1) is 19.0. The van der Waals surface area contributed by atoms with E-state index >= 15 is 0 Å². The lowest BCUT2D eigenvalue weighted by atomic mass is 10.1. The lowest BCUT2D eigenvalue weighted by molar-refractivity contribution is -0.114. The molecule has 0 aliphatic carbocycles. The van der Waals surface area contributed by atoms with E-state index < -0.39 is 11.8 Å². The van der Waals surface area contributed by atoms with Crippen molar-refractivity contribution in [1.29, 1.82) is 0 Å². The molecular formula is C29H26N4O4S2.